The lowest BCUT2D eigenvalue weighted by atomic mass is 10.1. The van der Waals surface area contributed by atoms with E-state index >= 15 is 0 Å². The Hall–Kier alpha value is -0.940. The van der Waals surface area contributed by atoms with Gasteiger partial charge < -0.3 is 10.6 Å². The number of rotatable bonds is 6. The van der Waals surface area contributed by atoms with Crippen molar-refractivity contribution >= 4 is 17.2 Å². The average Bonchev–Trinajstić information content (AvgIpc) is 2.79. The molecule has 90 valence electrons. The third-order valence-electron chi connectivity index (χ3n) is 2.42. The van der Waals surface area contributed by atoms with Gasteiger partial charge in [0.05, 0.1) is 5.01 Å². The molecule has 0 aromatic carbocycles. The predicted octanol–water partition coefficient (Wildman–Crippen LogP) is 1.36. The maximum Gasteiger partial charge on any atom is 0.221 e. The van der Waals surface area contributed by atoms with E-state index in [-0.39, 0.29) is 11.9 Å². The van der Waals surface area contributed by atoms with Gasteiger partial charge in [0.25, 0.3) is 0 Å². The molecular weight excluding hydrogens is 222 g/mol. The Bertz CT molecular complexity index is 313. The van der Waals surface area contributed by atoms with Crippen molar-refractivity contribution in [1.29, 1.82) is 0 Å². The molecule has 4 nitrogen and oxygen atoms in total. The van der Waals surface area contributed by atoms with Crippen LogP contribution in [0, 0.1) is 0 Å². The first-order valence-electron chi connectivity index (χ1n) is 5.46. The van der Waals surface area contributed by atoms with E-state index in [1.807, 2.05) is 18.5 Å². The molecule has 1 amide bonds. The van der Waals surface area contributed by atoms with Crippen LogP contribution in [0.15, 0.2) is 11.6 Å². The second-order valence-electron chi connectivity index (χ2n) is 3.96. The minimum atomic E-state index is 0.0712. The quantitative estimate of drug-likeness (QED) is 0.790. The van der Waals surface area contributed by atoms with Crippen LogP contribution in [0.25, 0.3) is 0 Å². The summed E-state index contributed by atoms with van der Waals surface area (Å²) in [4.78, 5) is 15.4. The molecule has 5 heteroatoms. The van der Waals surface area contributed by atoms with Crippen molar-refractivity contribution in [2.75, 3.05) is 13.6 Å². The standard InChI is InChI=1S/C11H19N3OS/c1-8(11-13-4-5-16-11)7-14-9(2)6-10(15)12-3/h4-5,8-9,14H,6-7H2,1-3H3,(H,12,15). The maximum absolute atomic E-state index is 11.1. The summed E-state index contributed by atoms with van der Waals surface area (Å²) in [6.07, 6.45) is 2.34. The molecular formula is C11H19N3OS. The van der Waals surface area contributed by atoms with Crippen molar-refractivity contribution in [2.45, 2.75) is 32.2 Å². The van der Waals surface area contributed by atoms with E-state index in [1.54, 1.807) is 18.4 Å². The third kappa shape index (κ3) is 4.28. The third-order valence-corrected chi connectivity index (χ3v) is 3.42. The second kappa shape index (κ2) is 6.60. The molecule has 0 fully saturated rings. The van der Waals surface area contributed by atoms with Crippen LogP contribution in [-0.4, -0.2) is 30.5 Å². The number of aromatic nitrogens is 1. The molecule has 0 aliphatic rings. The molecule has 0 saturated heterocycles. The van der Waals surface area contributed by atoms with E-state index in [0.29, 0.717) is 12.3 Å². The van der Waals surface area contributed by atoms with Gasteiger partial charge in [0.15, 0.2) is 0 Å². The highest BCUT2D eigenvalue weighted by Crippen LogP contribution is 2.16. The molecule has 1 aromatic heterocycles. The summed E-state index contributed by atoms with van der Waals surface area (Å²) >= 11 is 1.67. The summed E-state index contributed by atoms with van der Waals surface area (Å²) in [5.74, 6) is 0.467. The first-order chi connectivity index (χ1) is 7.63. The normalized spacial score (nSPS) is 14.4. The second-order valence-corrected chi connectivity index (χ2v) is 4.88. The first kappa shape index (κ1) is 13.1. The fourth-order valence-electron chi connectivity index (χ4n) is 1.40. The molecule has 16 heavy (non-hydrogen) atoms. The zero-order valence-corrected chi connectivity index (χ0v) is 10.8. The fourth-order valence-corrected chi connectivity index (χ4v) is 2.09. The molecule has 2 unspecified atom stereocenters. The van der Waals surface area contributed by atoms with Crippen LogP contribution in [0.4, 0.5) is 0 Å². The molecule has 0 aliphatic carbocycles. The van der Waals surface area contributed by atoms with Crippen LogP contribution < -0.4 is 10.6 Å². The van der Waals surface area contributed by atoms with Crippen LogP contribution in [0.3, 0.4) is 0 Å². The van der Waals surface area contributed by atoms with Crippen LogP contribution in [-0.2, 0) is 4.79 Å². The van der Waals surface area contributed by atoms with Crippen molar-refractivity contribution in [3.63, 3.8) is 0 Å². The smallest absolute Gasteiger partial charge is 0.221 e. The highest BCUT2D eigenvalue weighted by Gasteiger charge is 2.11. The maximum atomic E-state index is 11.1. The Morgan fingerprint density at radius 1 is 1.56 bits per heavy atom. The summed E-state index contributed by atoms with van der Waals surface area (Å²) in [5, 5.41) is 9.09. The van der Waals surface area contributed by atoms with Gasteiger partial charge in [-0.2, -0.15) is 0 Å². The monoisotopic (exact) mass is 241 g/mol. The number of carbonyl (C=O) groups is 1. The fraction of sp³-hybridized carbons (Fsp3) is 0.636. The van der Waals surface area contributed by atoms with Gasteiger partial charge in [0.2, 0.25) is 5.91 Å². The SMILES string of the molecule is CNC(=O)CC(C)NCC(C)c1nccs1. The number of carbonyl (C=O) groups excluding carboxylic acids is 1. The molecule has 0 bridgehead atoms. The van der Waals surface area contributed by atoms with E-state index < -0.39 is 0 Å². The van der Waals surface area contributed by atoms with E-state index in [2.05, 4.69) is 22.5 Å². The van der Waals surface area contributed by atoms with Crippen molar-refractivity contribution in [1.82, 2.24) is 15.6 Å². The Kier molecular flexibility index (Phi) is 5.42. The topological polar surface area (TPSA) is 54.0 Å². The number of amides is 1. The largest absolute Gasteiger partial charge is 0.359 e. The van der Waals surface area contributed by atoms with Gasteiger partial charge >= 0.3 is 0 Å². The van der Waals surface area contributed by atoms with E-state index in [9.17, 15) is 4.79 Å². The molecule has 0 saturated carbocycles. The lowest BCUT2D eigenvalue weighted by molar-refractivity contribution is -0.121. The summed E-state index contributed by atoms with van der Waals surface area (Å²) in [7, 11) is 1.66. The number of nitrogens with one attached hydrogen (secondary N) is 2. The van der Waals surface area contributed by atoms with Gasteiger partial charge in [-0.05, 0) is 6.92 Å². The van der Waals surface area contributed by atoms with Crippen LogP contribution in [0.1, 0.15) is 31.2 Å². The van der Waals surface area contributed by atoms with Gasteiger partial charge in [-0.1, -0.05) is 6.92 Å². The molecule has 1 heterocycles. The van der Waals surface area contributed by atoms with Gasteiger partial charge in [-0.15, -0.1) is 11.3 Å². The minimum Gasteiger partial charge on any atom is -0.359 e. The van der Waals surface area contributed by atoms with Crippen LogP contribution in [0.2, 0.25) is 0 Å². The summed E-state index contributed by atoms with van der Waals surface area (Å²) < 4.78 is 0. The van der Waals surface area contributed by atoms with Crippen molar-refractivity contribution in [3.8, 4) is 0 Å². The summed E-state index contributed by atoms with van der Waals surface area (Å²) in [6.45, 7) is 5.01. The summed E-state index contributed by atoms with van der Waals surface area (Å²) in [5.41, 5.74) is 0. The summed E-state index contributed by atoms with van der Waals surface area (Å²) in [6, 6.07) is 0.197. The molecule has 0 aliphatic heterocycles. The lowest BCUT2D eigenvalue weighted by Gasteiger charge is -2.15. The molecule has 0 spiro atoms. The number of hydrogen-bond donors (Lipinski definition) is 2. The van der Waals surface area contributed by atoms with Gasteiger partial charge in [0.1, 0.15) is 0 Å². The van der Waals surface area contributed by atoms with Crippen LogP contribution >= 0.6 is 11.3 Å². The van der Waals surface area contributed by atoms with Gasteiger partial charge in [-0.25, -0.2) is 4.98 Å². The van der Waals surface area contributed by atoms with Crippen molar-refractivity contribution in [2.24, 2.45) is 0 Å². The van der Waals surface area contributed by atoms with Gasteiger partial charge in [0, 0.05) is 43.5 Å². The Morgan fingerprint density at radius 3 is 2.88 bits per heavy atom. The van der Waals surface area contributed by atoms with Gasteiger partial charge in [-0.3, -0.25) is 4.79 Å². The van der Waals surface area contributed by atoms with Crippen LogP contribution in [0.5, 0.6) is 0 Å². The van der Waals surface area contributed by atoms with E-state index in [1.165, 1.54) is 0 Å². The van der Waals surface area contributed by atoms with E-state index in [0.717, 1.165) is 11.6 Å². The van der Waals surface area contributed by atoms with Crippen molar-refractivity contribution < 1.29 is 4.79 Å². The molecule has 1 rings (SSSR count). The number of thiazole rings is 1. The Labute approximate surface area is 100 Å². The molecule has 1 aromatic rings. The number of nitrogens with zero attached hydrogens (tertiary/aromatic N) is 1. The average molecular weight is 241 g/mol. The Balaban J connectivity index is 2.26. The molecule has 0 radical (unpaired) electrons. The van der Waals surface area contributed by atoms with Crippen molar-refractivity contribution in [3.05, 3.63) is 16.6 Å². The first-order valence-corrected chi connectivity index (χ1v) is 6.34. The zero-order valence-electron chi connectivity index (χ0n) is 9.99. The molecule has 2 N–H and O–H groups in total. The number of hydrogen-bond acceptors (Lipinski definition) is 4. The lowest BCUT2D eigenvalue weighted by Crippen LogP contribution is -2.34. The highest BCUT2D eigenvalue weighted by molar-refractivity contribution is 7.09. The molecule has 2 atom stereocenters. The predicted molar refractivity (Wildman–Crippen MR) is 66.7 cm³/mol. The highest BCUT2D eigenvalue weighted by atomic mass is 32.1. The minimum absolute atomic E-state index is 0.0712. The van der Waals surface area contributed by atoms with E-state index in [4.69, 9.17) is 0 Å². The Morgan fingerprint density at radius 2 is 2.31 bits per heavy atom. The zero-order chi connectivity index (χ0) is 12.0.